The molecule has 5 heteroatoms. The number of carboxylic acid groups (broad SMARTS) is 1. The maximum atomic E-state index is 11.0. The van der Waals surface area contributed by atoms with Crippen molar-refractivity contribution in [1.82, 2.24) is 9.80 Å². The standard InChI is InChI=1S/C13H24N2O2S/c1-10(13(16)17)14-5-7-15(8-6-14)12-4-3-9-18-11(12)2/h10-12H,3-9H2,1-2H3,(H,16,17). The highest BCUT2D eigenvalue weighted by Gasteiger charge is 2.32. The lowest BCUT2D eigenvalue weighted by Gasteiger charge is -2.43. The number of rotatable bonds is 3. The SMILES string of the molecule is CC1SCCCC1N1CCN(C(C)C(=O)O)CC1. The molecule has 0 saturated carbocycles. The zero-order chi connectivity index (χ0) is 13.1. The first-order valence-electron chi connectivity index (χ1n) is 6.92. The van der Waals surface area contributed by atoms with Gasteiger partial charge in [0.1, 0.15) is 6.04 Å². The summed E-state index contributed by atoms with van der Waals surface area (Å²) in [6, 6.07) is 0.358. The molecule has 0 aliphatic carbocycles. The average Bonchev–Trinajstić information content (AvgIpc) is 2.38. The summed E-state index contributed by atoms with van der Waals surface area (Å²) >= 11 is 2.08. The Labute approximate surface area is 114 Å². The van der Waals surface area contributed by atoms with Crippen LogP contribution in [0.2, 0.25) is 0 Å². The summed E-state index contributed by atoms with van der Waals surface area (Å²) < 4.78 is 0. The lowest BCUT2D eigenvalue weighted by atomic mass is 10.0. The zero-order valence-corrected chi connectivity index (χ0v) is 12.2. The van der Waals surface area contributed by atoms with Crippen LogP contribution >= 0.6 is 11.8 Å². The number of carbonyl (C=O) groups is 1. The minimum absolute atomic E-state index is 0.342. The predicted octanol–water partition coefficient (Wildman–Crippen LogP) is 1.36. The second-order valence-electron chi connectivity index (χ2n) is 5.37. The Balaban J connectivity index is 1.84. The average molecular weight is 272 g/mol. The Morgan fingerprint density at radius 1 is 1.33 bits per heavy atom. The molecule has 0 aromatic rings. The van der Waals surface area contributed by atoms with Crippen molar-refractivity contribution in [3.05, 3.63) is 0 Å². The Morgan fingerprint density at radius 3 is 2.56 bits per heavy atom. The number of hydrogen-bond acceptors (Lipinski definition) is 4. The maximum absolute atomic E-state index is 11.0. The molecule has 3 atom stereocenters. The number of nitrogens with zero attached hydrogens (tertiary/aromatic N) is 2. The fraction of sp³-hybridized carbons (Fsp3) is 0.923. The van der Waals surface area contributed by atoms with E-state index in [-0.39, 0.29) is 6.04 Å². The molecule has 4 nitrogen and oxygen atoms in total. The van der Waals surface area contributed by atoms with Crippen molar-refractivity contribution in [3.8, 4) is 0 Å². The molecule has 18 heavy (non-hydrogen) atoms. The maximum Gasteiger partial charge on any atom is 0.320 e. The summed E-state index contributed by atoms with van der Waals surface area (Å²) in [6.45, 7) is 7.95. The van der Waals surface area contributed by atoms with Gasteiger partial charge >= 0.3 is 5.97 Å². The highest BCUT2D eigenvalue weighted by Crippen LogP contribution is 2.29. The van der Waals surface area contributed by atoms with Crippen LogP contribution < -0.4 is 0 Å². The summed E-state index contributed by atoms with van der Waals surface area (Å²) in [4.78, 5) is 15.6. The van der Waals surface area contributed by atoms with E-state index in [1.807, 2.05) is 0 Å². The molecule has 0 amide bonds. The monoisotopic (exact) mass is 272 g/mol. The highest BCUT2D eigenvalue weighted by molar-refractivity contribution is 7.99. The molecule has 2 aliphatic rings. The number of piperazine rings is 1. The van der Waals surface area contributed by atoms with Crippen molar-refractivity contribution in [2.75, 3.05) is 31.9 Å². The Morgan fingerprint density at radius 2 is 2.00 bits per heavy atom. The fourth-order valence-corrected chi connectivity index (χ4v) is 4.23. The van der Waals surface area contributed by atoms with Gasteiger partial charge in [0.05, 0.1) is 0 Å². The first kappa shape index (κ1) is 14.2. The molecular weight excluding hydrogens is 248 g/mol. The van der Waals surface area contributed by atoms with E-state index in [9.17, 15) is 4.79 Å². The van der Waals surface area contributed by atoms with Crippen LogP contribution in [-0.4, -0.2) is 70.1 Å². The van der Waals surface area contributed by atoms with Crippen LogP contribution in [0.25, 0.3) is 0 Å². The largest absolute Gasteiger partial charge is 0.480 e. The minimum Gasteiger partial charge on any atom is -0.480 e. The van der Waals surface area contributed by atoms with E-state index in [4.69, 9.17) is 5.11 Å². The highest BCUT2D eigenvalue weighted by atomic mass is 32.2. The summed E-state index contributed by atoms with van der Waals surface area (Å²) in [5.41, 5.74) is 0. The van der Waals surface area contributed by atoms with E-state index in [0.717, 1.165) is 31.4 Å². The van der Waals surface area contributed by atoms with E-state index in [0.29, 0.717) is 6.04 Å². The van der Waals surface area contributed by atoms with Crippen molar-refractivity contribution in [2.45, 2.75) is 44.0 Å². The Kier molecular flexibility index (Phi) is 4.92. The van der Waals surface area contributed by atoms with Crippen LogP contribution in [0.4, 0.5) is 0 Å². The van der Waals surface area contributed by atoms with Crippen molar-refractivity contribution in [2.24, 2.45) is 0 Å². The molecule has 1 N–H and O–H groups in total. The predicted molar refractivity (Wildman–Crippen MR) is 75.2 cm³/mol. The fourth-order valence-electron chi connectivity index (χ4n) is 3.00. The number of carboxylic acids is 1. The van der Waals surface area contributed by atoms with Crippen molar-refractivity contribution in [3.63, 3.8) is 0 Å². The van der Waals surface area contributed by atoms with Gasteiger partial charge in [0, 0.05) is 37.5 Å². The molecule has 2 rings (SSSR count). The van der Waals surface area contributed by atoms with Crippen LogP contribution in [0, 0.1) is 0 Å². The second kappa shape index (κ2) is 6.26. The smallest absolute Gasteiger partial charge is 0.320 e. The van der Waals surface area contributed by atoms with E-state index in [1.165, 1.54) is 18.6 Å². The third-order valence-electron chi connectivity index (χ3n) is 4.29. The van der Waals surface area contributed by atoms with Crippen LogP contribution in [0.1, 0.15) is 26.7 Å². The van der Waals surface area contributed by atoms with Crippen LogP contribution in [0.3, 0.4) is 0 Å². The van der Waals surface area contributed by atoms with Crippen molar-refractivity contribution >= 4 is 17.7 Å². The molecule has 104 valence electrons. The molecule has 0 radical (unpaired) electrons. The van der Waals surface area contributed by atoms with Gasteiger partial charge in [0.2, 0.25) is 0 Å². The van der Waals surface area contributed by atoms with E-state index >= 15 is 0 Å². The van der Waals surface area contributed by atoms with Gasteiger partial charge in [-0.3, -0.25) is 14.6 Å². The van der Waals surface area contributed by atoms with Crippen LogP contribution in [-0.2, 0) is 4.79 Å². The van der Waals surface area contributed by atoms with Gasteiger partial charge in [-0.1, -0.05) is 6.92 Å². The molecule has 0 spiro atoms. The minimum atomic E-state index is -0.704. The van der Waals surface area contributed by atoms with Gasteiger partial charge in [-0.2, -0.15) is 11.8 Å². The van der Waals surface area contributed by atoms with Gasteiger partial charge < -0.3 is 5.11 Å². The molecular formula is C13H24N2O2S. The molecule has 0 aromatic carbocycles. The summed E-state index contributed by atoms with van der Waals surface area (Å²) in [6.07, 6.45) is 2.63. The molecule has 2 heterocycles. The molecule has 0 bridgehead atoms. The van der Waals surface area contributed by atoms with E-state index in [2.05, 4.69) is 28.5 Å². The molecule has 0 aromatic heterocycles. The van der Waals surface area contributed by atoms with Gasteiger partial charge in [0.25, 0.3) is 0 Å². The summed E-state index contributed by atoms with van der Waals surface area (Å²) in [7, 11) is 0. The second-order valence-corrected chi connectivity index (χ2v) is 6.86. The number of hydrogen-bond donors (Lipinski definition) is 1. The van der Waals surface area contributed by atoms with Crippen LogP contribution in [0.15, 0.2) is 0 Å². The molecule has 2 fully saturated rings. The quantitative estimate of drug-likeness (QED) is 0.840. The number of aliphatic carboxylic acids is 1. The van der Waals surface area contributed by atoms with Gasteiger partial charge in [0.15, 0.2) is 0 Å². The Bertz CT molecular complexity index is 293. The third-order valence-corrected chi connectivity index (χ3v) is 5.65. The van der Waals surface area contributed by atoms with Gasteiger partial charge in [-0.05, 0) is 25.5 Å². The van der Waals surface area contributed by atoms with Crippen LogP contribution in [0.5, 0.6) is 0 Å². The lowest BCUT2D eigenvalue weighted by Crippen LogP contribution is -2.56. The normalized spacial score (nSPS) is 33.2. The topological polar surface area (TPSA) is 43.8 Å². The lowest BCUT2D eigenvalue weighted by molar-refractivity contribution is -0.143. The van der Waals surface area contributed by atoms with Gasteiger partial charge in [-0.15, -0.1) is 0 Å². The third kappa shape index (κ3) is 3.19. The summed E-state index contributed by atoms with van der Waals surface area (Å²) in [5.74, 6) is 0.596. The first-order chi connectivity index (χ1) is 8.59. The molecule has 3 unspecified atom stereocenters. The van der Waals surface area contributed by atoms with Crippen molar-refractivity contribution in [1.29, 1.82) is 0 Å². The summed E-state index contributed by atoms with van der Waals surface area (Å²) in [5, 5.41) is 9.76. The molecule has 2 aliphatic heterocycles. The molecule has 2 saturated heterocycles. The van der Waals surface area contributed by atoms with E-state index < -0.39 is 5.97 Å². The van der Waals surface area contributed by atoms with Gasteiger partial charge in [-0.25, -0.2) is 0 Å². The first-order valence-corrected chi connectivity index (χ1v) is 7.97. The number of thioether (sulfide) groups is 1. The van der Waals surface area contributed by atoms with Crippen molar-refractivity contribution < 1.29 is 9.90 Å². The van der Waals surface area contributed by atoms with E-state index in [1.54, 1.807) is 6.92 Å². The Hall–Kier alpha value is -0.260. The zero-order valence-electron chi connectivity index (χ0n) is 11.3.